The first-order valence-corrected chi connectivity index (χ1v) is 9.47. The second-order valence-electron chi connectivity index (χ2n) is 6.77. The highest BCUT2D eigenvalue weighted by Crippen LogP contribution is 2.19. The van der Waals surface area contributed by atoms with Gasteiger partial charge in [0.1, 0.15) is 0 Å². The fourth-order valence-electron chi connectivity index (χ4n) is 3.26. The number of ether oxygens (including phenoxy) is 1. The summed E-state index contributed by atoms with van der Waals surface area (Å²) in [5, 5.41) is 6.32. The molecule has 1 aromatic rings. The third-order valence-corrected chi connectivity index (χ3v) is 4.79. The molecule has 2 rings (SSSR count). The lowest BCUT2D eigenvalue weighted by molar-refractivity contribution is -0.121. The van der Waals surface area contributed by atoms with Crippen LogP contribution in [0.15, 0.2) is 18.2 Å². The molecule has 0 saturated heterocycles. The number of rotatable bonds is 9. The molecule has 1 aromatic carbocycles. The van der Waals surface area contributed by atoms with Gasteiger partial charge in [0.15, 0.2) is 17.3 Å². The van der Waals surface area contributed by atoms with Gasteiger partial charge in [0.05, 0.1) is 7.11 Å². The number of methoxy groups -OCH3 is 1. The average Bonchev–Trinajstić information content (AvgIpc) is 2.92. The molecule has 0 aliphatic heterocycles. The van der Waals surface area contributed by atoms with Crippen LogP contribution in [0.5, 0.6) is 5.75 Å². The van der Waals surface area contributed by atoms with Crippen molar-refractivity contribution in [3.8, 4) is 5.75 Å². The number of nitrogens with one attached hydrogen (secondary N) is 2. The van der Waals surface area contributed by atoms with E-state index in [0.29, 0.717) is 12.6 Å². The molecule has 6 heteroatoms. The van der Waals surface area contributed by atoms with Gasteiger partial charge >= 0.3 is 0 Å². The van der Waals surface area contributed by atoms with Crippen LogP contribution in [0.1, 0.15) is 61.7 Å². The van der Waals surface area contributed by atoms with Gasteiger partial charge in [-0.1, -0.05) is 25.7 Å². The van der Waals surface area contributed by atoms with Crippen LogP contribution in [-0.2, 0) is 4.79 Å². The van der Waals surface area contributed by atoms with E-state index in [9.17, 15) is 14.0 Å². The largest absolute Gasteiger partial charge is 0.494 e. The zero-order chi connectivity index (χ0) is 18.8. The summed E-state index contributed by atoms with van der Waals surface area (Å²) in [6, 6.07) is 4.64. The minimum absolute atomic E-state index is 0.0632. The molecule has 0 spiro atoms. The van der Waals surface area contributed by atoms with Gasteiger partial charge in [0.25, 0.3) is 0 Å². The minimum atomic E-state index is -0.576. The van der Waals surface area contributed by atoms with E-state index in [4.69, 9.17) is 4.74 Å². The molecular weight excluding hydrogens is 335 g/mol. The maximum absolute atomic E-state index is 13.6. The monoisotopic (exact) mass is 364 g/mol. The first kappa shape index (κ1) is 20.4. The number of hydrogen-bond acceptors (Lipinski definition) is 4. The molecular formula is C20H29FN2O3. The zero-order valence-corrected chi connectivity index (χ0v) is 15.5. The predicted octanol–water partition coefficient (Wildman–Crippen LogP) is 3.23. The lowest BCUT2D eigenvalue weighted by Gasteiger charge is -2.16. The predicted molar refractivity (Wildman–Crippen MR) is 99.0 cm³/mol. The number of hydrogen-bond donors (Lipinski definition) is 2. The molecule has 5 nitrogen and oxygen atoms in total. The molecule has 2 N–H and O–H groups in total. The summed E-state index contributed by atoms with van der Waals surface area (Å²) in [4.78, 5) is 23.9. The number of Topliss-reactive ketones (excluding diaryl/α,β-unsaturated/α-hetero) is 1. The Labute approximate surface area is 154 Å². The topological polar surface area (TPSA) is 67.4 Å². The molecule has 1 aliphatic carbocycles. The number of carbonyl (C=O) groups excluding carboxylic acids is 2. The fraction of sp³-hybridized carbons (Fsp3) is 0.600. The number of halogens is 1. The van der Waals surface area contributed by atoms with Crippen LogP contribution in [0, 0.1) is 5.82 Å². The lowest BCUT2D eigenvalue weighted by atomic mass is 10.1. The summed E-state index contributed by atoms with van der Waals surface area (Å²) in [5.41, 5.74) is 0.256. The lowest BCUT2D eigenvalue weighted by Crippen LogP contribution is -2.36. The third kappa shape index (κ3) is 6.75. The van der Waals surface area contributed by atoms with Crippen molar-refractivity contribution in [2.75, 3.05) is 20.2 Å². The second-order valence-corrected chi connectivity index (χ2v) is 6.77. The van der Waals surface area contributed by atoms with Gasteiger partial charge in [-0.15, -0.1) is 0 Å². The Kier molecular flexibility index (Phi) is 8.54. The number of ketones is 1. The van der Waals surface area contributed by atoms with Crippen LogP contribution < -0.4 is 15.4 Å². The molecule has 26 heavy (non-hydrogen) atoms. The fourth-order valence-corrected chi connectivity index (χ4v) is 3.26. The summed E-state index contributed by atoms with van der Waals surface area (Å²) in [6.07, 6.45) is 7.78. The Hall–Kier alpha value is -1.95. The van der Waals surface area contributed by atoms with Gasteiger partial charge in [-0.05, 0) is 31.0 Å². The summed E-state index contributed by atoms with van der Waals surface area (Å²) >= 11 is 0. The SMILES string of the molecule is COc1ccc(C(=O)CCC(=O)NCCNC2CCCCCC2)cc1F. The first-order valence-electron chi connectivity index (χ1n) is 9.47. The number of carbonyl (C=O) groups is 2. The highest BCUT2D eigenvalue weighted by Gasteiger charge is 2.13. The number of benzene rings is 1. The van der Waals surface area contributed by atoms with Gasteiger partial charge < -0.3 is 15.4 Å². The van der Waals surface area contributed by atoms with Crippen LogP contribution in [-0.4, -0.2) is 37.9 Å². The van der Waals surface area contributed by atoms with Gasteiger partial charge in [0, 0.05) is 37.5 Å². The first-order chi connectivity index (χ1) is 12.6. The molecule has 0 radical (unpaired) electrons. The van der Waals surface area contributed by atoms with Gasteiger partial charge in [-0.25, -0.2) is 4.39 Å². The minimum Gasteiger partial charge on any atom is -0.494 e. The van der Waals surface area contributed by atoms with Crippen molar-refractivity contribution in [3.63, 3.8) is 0 Å². The van der Waals surface area contributed by atoms with Crippen molar-refractivity contribution < 1.29 is 18.7 Å². The molecule has 1 saturated carbocycles. The Bertz CT molecular complexity index is 599. The quantitative estimate of drug-likeness (QED) is 0.401. The highest BCUT2D eigenvalue weighted by molar-refractivity contribution is 5.98. The van der Waals surface area contributed by atoms with Crippen molar-refractivity contribution >= 4 is 11.7 Å². The molecule has 1 amide bonds. The van der Waals surface area contributed by atoms with E-state index in [1.54, 1.807) is 0 Å². The third-order valence-electron chi connectivity index (χ3n) is 4.79. The van der Waals surface area contributed by atoms with E-state index < -0.39 is 5.82 Å². The molecule has 1 fully saturated rings. The van der Waals surface area contributed by atoms with Gasteiger partial charge in [-0.2, -0.15) is 0 Å². The highest BCUT2D eigenvalue weighted by atomic mass is 19.1. The van der Waals surface area contributed by atoms with Crippen LogP contribution in [0.2, 0.25) is 0 Å². The second kappa shape index (κ2) is 10.9. The summed E-state index contributed by atoms with van der Waals surface area (Å²) in [7, 11) is 1.37. The molecule has 0 atom stereocenters. The normalized spacial score (nSPS) is 15.3. The van der Waals surface area contributed by atoms with Crippen LogP contribution in [0.4, 0.5) is 4.39 Å². The smallest absolute Gasteiger partial charge is 0.220 e. The standard InChI is InChI=1S/C20H29FN2O3/c1-26-19-10-8-15(14-17(19)21)18(24)9-11-20(25)23-13-12-22-16-6-4-2-3-5-7-16/h8,10,14,16,22H,2-7,9,11-13H2,1H3,(H,23,25). The van der Waals surface area contributed by atoms with E-state index >= 15 is 0 Å². The molecule has 1 aliphatic rings. The van der Waals surface area contributed by atoms with Crippen molar-refractivity contribution in [1.29, 1.82) is 0 Å². The van der Waals surface area contributed by atoms with E-state index in [1.165, 1.54) is 57.8 Å². The van der Waals surface area contributed by atoms with E-state index in [-0.39, 0.29) is 35.8 Å². The summed E-state index contributed by atoms with van der Waals surface area (Å²) < 4.78 is 18.5. The van der Waals surface area contributed by atoms with Crippen molar-refractivity contribution in [2.24, 2.45) is 0 Å². The van der Waals surface area contributed by atoms with Crippen LogP contribution in [0.3, 0.4) is 0 Å². The Morgan fingerprint density at radius 1 is 1.12 bits per heavy atom. The molecule has 0 unspecified atom stereocenters. The molecule has 144 valence electrons. The van der Waals surface area contributed by atoms with Crippen LogP contribution >= 0.6 is 0 Å². The molecule has 0 bridgehead atoms. The Balaban J connectivity index is 1.63. The van der Waals surface area contributed by atoms with E-state index in [0.717, 1.165) is 12.6 Å². The Morgan fingerprint density at radius 2 is 1.85 bits per heavy atom. The molecule has 0 aromatic heterocycles. The van der Waals surface area contributed by atoms with Crippen molar-refractivity contribution in [3.05, 3.63) is 29.6 Å². The van der Waals surface area contributed by atoms with Crippen LogP contribution in [0.25, 0.3) is 0 Å². The van der Waals surface area contributed by atoms with Gasteiger partial charge in [-0.3, -0.25) is 9.59 Å². The average molecular weight is 364 g/mol. The maximum Gasteiger partial charge on any atom is 0.220 e. The van der Waals surface area contributed by atoms with E-state index in [1.807, 2.05) is 0 Å². The number of amides is 1. The van der Waals surface area contributed by atoms with E-state index in [2.05, 4.69) is 10.6 Å². The van der Waals surface area contributed by atoms with Gasteiger partial charge in [0.2, 0.25) is 5.91 Å². The Morgan fingerprint density at radius 3 is 2.50 bits per heavy atom. The maximum atomic E-state index is 13.6. The molecule has 0 heterocycles. The zero-order valence-electron chi connectivity index (χ0n) is 15.5. The van der Waals surface area contributed by atoms with Crippen molar-refractivity contribution in [2.45, 2.75) is 57.4 Å². The summed E-state index contributed by atoms with van der Waals surface area (Å²) in [6.45, 7) is 1.30. The van der Waals surface area contributed by atoms with Crippen molar-refractivity contribution in [1.82, 2.24) is 10.6 Å². The summed E-state index contributed by atoms with van der Waals surface area (Å²) in [5.74, 6) is -0.888.